The van der Waals surface area contributed by atoms with Gasteiger partial charge < -0.3 is 10.1 Å². The zero-order valence-corrected chi connectivity index (χ0v) is 13.6. The summed E-state index contributed by atoms with van der Waals surface area (Å²) in [4.78, 5) is 5.49. The maximum atomic E-state index is 5.85. The normalized spacial score (nSPS) is 10.9. The molecule has 3 nitrogen and oxygen atoms in total. The van der Waals surface area contributed by atoms with Gasteiger partial charge in [0.15, 0.2) is 0 Å². The first kappa shape index (κ1) is 15.9. The van der Waals surface area contributed by atoms with Gasteiger partial charge in [0, 0.05) is 23.7 Å². The fraction of sp³-hybridized carbons (Fsp3) is 0.353. The largest absolute Gasteiger partial charge is 0.438 e. The fourth-order valence-corrected chi connectivity index (χ4v) is 2.42. The van der Waals surface area contributed by atoms with Crippen molar-refractivity contribution in [3.63, 3.8) is 0 Å². The number of para-hydroxylation sites is 1. The van der Waals surface area contributed by atoms with E-state index in [0.29, 0.717) is 11.8 Å². The highest BCUT2D eigenvalue weighted by Gasteiger charge is 2.04. The lowest BCUT2D eigenvalue weighted by molar-refractivity contribution is 0.451. The Balaban J connectivity index is 1.96. The Hall–Kier alpha value is -1.52. The monoisotopic (exact) mass is 302 g/mol. The molecule has 112 valence electrons. The molecule has 0 unspecified atom stereocenters. The van der Waals surface area contributed by atoms with E-state index in [2.05, 4.69) is 30.2 Å². The number of ether oxygens (including phenoxy) is 1. The minimum Gasteiger partial charge on any atom is -0.438 e. The molecule has 0 saturated heterocycles. The predicted octanol–water partition coefficient (Wildman–Crippen LogP) is 4.34. The molecule has 0 aliphatic heterocycles. The van der Waals surface area contributed by atoms with Crippen LogP contribution in [0.25, 0.3) is 0 Å². The Labute approximate surface area is 131 Å². The number of nitrogens with one attached hydrogen (secondary N) is 1. The fourth-order valence-electron chi connectivity index (χ4n) is 1.90. The van der Waals surface area contributed by atoms with E-state index in [9.17, 15) is 0 Å². The Bertz CT molecular complexity index is 555. The zero-order valence-electron chi connectivity index (χ0n) is 12.8. The van der Waals surface area contributed by atoms with Crippen LogP contribution in [0.15, 0.2) is 47.5 Å². The molecule has 1 aromatic heterocycles. The van der Waals surface area contributed by atoms with Gasteiger partial charge in [0.1, 0.15) is 5.75 Å². The molecule has 1 heterocycles. The van der Waals surface area contributed by atoms with Crippen molar-refractivity contribution in [1.82, 2.24) is 10.3 Å². The Morgan fingerprint density at radius 3 is 2.67 bits per heavy atom. The van der Waals surface area contributed by atoms with Crippen molar-refractivity contribution in [2.24, 2.45) is 5.92 Å². The SMILES string of the molecule is CSc1ccccc1Oc1ccc(CNCC(C)C)cn1. The van der Waals surface area contributed by atoms with Crippen LogP contribution in [-0.2, 0) is 6.54 Å². The second-order valence-electron chi connectivity index (χ2n) is 5.28. The molecule has 0 aliphatic carbocycles. The van der Waals surface area contributed by atoms with Crippen molar-refractivity contribution in [1.29, 1.82) is 0 Å². The summed E-state index contributed by atoms with van der Waals surface area (Å²) >= 11 is 1.67. The highest BCUT2D eigenvalue weighted by atomic mass is 32.2. The van der Waals surface area contributed by atoms with Gasteiger partial charge in [-0.15, -0.1) is 11.8 Å². The summed E-state index contributed by atoms with van der Waals surface area (Å²) in [6.45, 7) is 6.25. The van der Waals surface area contributed by atoms with Gasteiger partial charge in [0.05, 0.1) is 0 Å². The zero-order chi connectivity index (χ0) is 15.1. The summed E-state index contributed by atoms with van der Waals surface area (Å²) in [6, 6.07) is 12.0. The molecule has 2 aromatic rings. The average molecular weight is 302 g/mol. The number of aromatic nitrogens is 1. The minimum atomic E-state index is 0.629. The molecule has 0 amide bonds. The van der Waals surface area contributed by atoms with Crippen molar-refractivity contribution in [2.45, 2.75) is 25.3 Å². The molecule has 1 N–H and O–H groups in total. The van der Waals surface area contributed by atoms with Gasteiger partial charge in [-0.05, 0) is 36.4 Å². The first-order chi connectivity index (χ1) is 10.2. The summed E-state index contributed by atoms with van der Waals surface area (Å²) in [6.07, 6.45) is 3.91. The van der Waals surface area contributed by atoms with E-state index in [4.69, 9.17) is 4.74 Å². The molecule has 0 fully saturated rings. The molecule has 0 aliphatic rings. The smallest absolute Gasteiger partial charge is 0.219 e. The van der Waals surface area contributed by atoms with Gasteiger partial charge >= 0.3 is 0 Å². The second-order valence-corrected chi connectivity index (χ2v) is 6.13. The molecular weight excluding hydrogens is 280 g/mol. The maximum Gasteiger partial charge on any atom is 0.219 e. The van der Waals surface area contributed by atoms with Crippen LogP contribution in [0.2, 0.25) is 0 Å². The van der Waals surface area contributed by atoms with Crippen LogP contribution in [0, 0.1) is 5.92 Å². The Morgan fingerprint density at radius 1 is 1.19 bits per heavy atom. The molecule has 0 radical (unpaired) electrons. The van der Waals surface area contributed by atoms with Gasteiger partial charge in [-0.2, -0.15) is 0 Å². The van der Waals surface area contributed by atoms with Crippen LogP contribution in [0.4, 0.5) is 0 Å². The van der Waals surface area contributed by atoms with Crippen molar-refractivity contribution in [3.8, 4) is 11.6 Å². The number of hydrogen-bond acceptors (Lipinski definition) is 4. The molecule has 0 saturated carbocycles. The van der Waals surface area contributed by atoms with Gasteiger partial charge in [0.25, 0.3) is 0 Å². The van der Waals surface area contributed by atoms with Crippen molar-refractivity contribution in [3.05, 3.63) is 48.2 Å². The number of nitrogens with zero attached hydrogens (tertiary/aromatic N) is 1. The van der Waals surface area contributed by atoms with E-state index in [1.54, 1.807) is 11.8 Å². The van der Waals surface area contributed by atoms with Crippen molar-refractivity contribution in [2.75, 3.05) is 12.8 Å². The third-order valence-corrected chi connectivity index (χ3v) is 3.74. The Morgan fingerprint density at radius 2 is 2.00 bits per heavy atom. The number of thioether (sulfide) groups is 1. The summed E-state index contributed by atoms with van der Waals surface area (Å²) in [5.74, 6) is 2.14. The van der Waals surface area contributed by atoms with Gasteiger partial charge in [-0.1, -0.05) is 32.0 Å². The molecule has 0 atom stereocenters. The van der Waals surface area contributed by atoms with E-state index in [1.807, 2.05) is 42.8 Å². The summed E-state index contributed by atoms with van der Waals surface area (Å²) in [5.41, 5.74) is 1.17. The summed E-state index contributed by atoms with van der Waals surface area (Å²) in [5, 5.41) is 3.40. The van der Waals surface area contributed by atoms with Crippen LogP contribution in [-0.4, -0.2) is 17.8 Å². The van der Waals surface area contributed by atoms with Crippen molar-refractivity contribution >= 4 is 11.8 Å². The third kappa shape index (κ3) is 5.06. The molecule has 2 rings (SSSR count). The summed E-state index contributed by atoms with van der Waals surface area (Å²) < 4.78 is 5.85. The number of hydrogen-bond donors (Lipinski definition) is 1. The van der Waals surface area contributed by atoms with Crippen LogP contribution in [0.5, 0.6) is 11.6 Å². The topological polar surface area (TPSA) is 34.1 Å². The lowest BCUT2D eigenvalue weighted by Crippen LogP contribution is -2.18. The molecule has 0 bridgehead atoms. The first-order valence-corrected chi connectivity index (χ1v) is 8.38. The van der Waals surface area contributed by atoms with Crippen LogP contribution >= 0.6 is 11.8 Å². The molecule has 1 aromatic carbocycles. The highest BCUT2D eigenvalue weighted by Crippen LogP contribution is 2.30. The first-order valence-electron chi connectivity index (χ1n) is 7.15. The quantitative estimate of drug-likeness (QED) is 0.771. The van der Waals surface area contributed by atoms with Gasteiger partial charge in [0.2, 0.25) is 5.88 Å². The van der Waals surface area contributed by atoms with Gasteiger partial charge in [-0.25, -0.2) is 4.98 Å². The lowest BCUT2D eigenvalue weighted by Gasteiger charge is -2.10. The molecule has 4 heteroatoms. The standard InChI is InChI=1S/C17H22N2OS/c1-13(2)10-18-11-14-8-9-17(19-12-14)20-15-6-4-5-7-16(15)21-3/h4-9,12-13,18H,10-11H2,1-3H3. The predicted molar refractivity (Wildman–Crippen MR) is 89.1 cm³/mol. The molecular formula is C17H22N2OS. The van der Waals surface area contributed by atoms with E-state index >= 15 is 0 Å². The highest BCUT2D eigenvalue weighted by molar-refractivity contribution is 7.98. The minimum absolute atomic E-state index is 0.629. The van der Waals surface area contributed by atoms with E-state index in [0.717, 1.165) is 23.7 Å². The van der Waals surface area contributed by atoms with Crippen molar-refractivity contribution < 1.29 is 4.74 Å². The lowest BCUT2D eigenvalue weighted by atomic mass is 10.2. The van der Waals surface area contributed by atoms with Crippen LogP contribution in [0.3, 0.4) is 0 Å². The number of pyridine rings is 1. The van der Waals surface area contributed by atoms with Crippen LogP contribution in [0.1, 0.15) is 19.4 Å². The van der Waals surface area contributed by atoms with E-state index in [1.165, 1.54) is 5.56 Å². The number of rotatable bonds is 7. The summed E-state index contributed by atoms with van der Waals surface area (Å²) in [7, 11) is 0. The average Bonchev–Trinajstić information content (AvgIpc) is 2.49. The van der Waals surface area contributed by atoms with E-state index in [-0.39, 0.29) is 0 Å². The third-order valence-electron chi connectivity index (χ3n) is 2.96. The second kappa shape index (κ2) is 8.05. The van der Waals surface area contributed by atoms with E-state index < -0.39 is 0 Å². The van der Waals surface area contributed by atoms with Gasteiger partial charge in [-0.3, -0.25) is 0 Å². The Kier molecular flexibility index (Phi) is 6.08. The molecule has 21 heavy (non-hydrogen) atoms. The number of benzene rings is 1. The maximum absolute atomic E-state index is 5.85. The molecule has 0 spiro atoms. The van der Waals surface area contributed by atoms with Crippen LogP contribution < -0.4 is 10.1 Å².